The van der Waals surface area contributed by atoms with Crippen LogP contribution in [0.3, 0.4) is 0 Å². The van der Waals surface area contributed by atoms with Crippen molar-refractivity contribution in [3.05, 3.63) is 35.1 Å². The van der Waals surface area contributed by atoms with E-state index in [1.807, 2.05) is 0 Å². The van der Waals surface area contributed by atoms with Crippen LogP contribution >= 0.6 is 15.9 Å². The average molecular weight is 318 g/mol. The molecule has 0 saturated carbocycles. The van der Waals surface area contributed by atoms with Crippen molar-refractivity contribution in [3.63, 3.8) is 0 Å². The minimum absolute atomic E-state index is 0.0660. The van der Waals surface area contributed by atoms with Gasteiger partial charge >= 0.3 is 0 Å². The van der Waals surface area contributed by atoms with Crippen molar-refractivity contribution in [2.45, 2.75) is 19.4 Å². The highest BCUT2D eigenvalue weighted by Crippen LogP contribution is 2.10. The van der Waals surface area contributed by atoms with E-state index in [-0.39, 0.29) is 11.6 Å². The first-order valence-corrected chi connectivity index (χ1v) is 6.82. The van der Waals surface area contributed by atoms with Crippen molar-refractivity contribution >= 4 is 21.8 Å². The lowest BCUT2D eigenvalue weighted by atomic mass is 10.1. The Bertz CT molecular complexity index is 406. The molecule has 1 unspecified atom stereocenters. The maximum absolute atomic E-state index is 13.6. The summed E-state index contributed by atoms with van der Waals surface area (Å²) in [6.45, 7) is 2.19. The molecule has 18 heavy (non-hydrogen) atoms. The molecule has 0 aliphatic heterocycles. The second-order valence-corrected chi connectivity index (χ2v) is 4.88. The zero-order valence-electron chi connectivity index (χ0n) is 10.5. The zero-order valence-corrected chi connectivity index (χ0v) is 12.1. The Kier molecular flexibility index (Phi) is 6.29. The minimum Gasteiger partial charge on any atom is -0.383 e. The molecule has 0 heterocycles. The summed E-state index contributed by atoms with van der Waals surface area (Å²) in [6.07, 6.45) is 0.729. The molecule has 1 aromatic carbocycles. The molecule has 5 heteroatoms. The van der Waals surface area contributed by atoms with Gasteiger partial charge < -0.3 is 10.1 Å². The van der Waals surface area contributed by atoms with Crippen LogP contribution in [0.5, 0.6) is 0 Å². The third-order valence-electron chi connectivity index (χ3n) is 2.53. The Morgan fingerprint density at radius 3 is 2.83 bits per heavy atom. The number of carbonyl (C=O) groups is 1. The van der Waals surface area contributed by atoms with Gasteiger partial charge in [-0.25, -0.2) is 4.39 Å². The van der Waals surface area contributed by atoms with Gasteiger partial charge in [-0.2, -0.15) is 0 Å². The fourth-order valence-electron chi connectivity index (χ4n) is 1.60. The van der Waals surface area contributed by atoms with E-state index in [9.17, 15) is 9.18 Å². The molecular weight excluding hydrogens is 301 g/mol. The van der Waals surface area contributed by atoms with E-state index < -0.39 is 11.7 Å². The van der Waals surface area contributed by atoms with Crippen LogP contribution in [-0.4, -0.2) is 31.0 Å². The number of alkyl halides is 1. The van der Waals surface area contributed by atoms with Crippen LogP contribution in [0.2, 0.25) is 0 Å². The van der Waals surface area contributed by atoms with Gasteiger partial charge in [0.1, 0.15) is 5.82 Å². The topological polar surface area (TPSA) is 38.3 Å². The quantitative estimate of drug-likeness (QED) is 0.819. The molecule has 0 fully saturated rings. The van der Waals surface area contributed by atoms with E-state index in [2.05, 4.69) is 21.2 Å². The van der Waals surface area contributed by atoms with Crippen molar-refractivity contribution in [2.24, 2.45) is 0 Å². The largest absolute Gasteiger partial charge is 0.383 e. The monoisotopic (exact) mass is 317 g/mol. The normalized spacial score (nSPS) is 12.2. The van der Waals surface area contributed by atoms with Gasteiger partial charge in [0.25, 0.3) is 5.91 Å². The van der Waals surface area contributed by atoms with Crippen molar-refractivity contribution in [1.29, 1.82) is 0 Å². The minimum atomic E-state index is -0.498. The smallest absolute Gasteiger partial charge is 0.254 e. The van der Waals surface area contributed by atoms with Gasteiger partial charge in [-0.15, -0.1) is 0 Å². The SMILES string of the molecule is COCC(CCBr)NC(=O)c1ccc(C)cc1F. The summed E-state index contributed by atoms with van der Waals surface area (Å²) in [7, 11) is 1.57. The van der Waals surface area contributed by atoms with Crippen LogP contribution in [-0.2, 0) is 4.74 Å². The standard InChI is InChI=1S/C13H17BrFNO2/c1-9-3-4-11(12(15)7-9)13(17)16-10(5-6-14)8-18-2/h3-4,7,10H,5-6,8H2,1-2H3,(H,16,17). The molecule has 0 saturated heterocycles. The number of carbonyl (C=O) groups excluding carboxylic acids is 1. The molecule has 0 spiro atoms. The highest BCUT2D eigenvalue weighted by Gasteiger charge is 2.16. The second kappa shape index (κ2) is 7.48. The number of amides is 1. The molecule has 100 valence electrons. The van der Waals surface area contributed by atoms with Crippen molar-refractivity contribution in [1.82, 2.24) is 5.32 Å². The van der Waals surface area contributed by atoms with Gasteiger partial charge in [-0.1, -0.05) is 22.0 Å². The van der Waals surface area contributed by atoms with Gasteiger partial charge in [0, 0.05) is 12.4 Å². The first kappa shape index (κ1) is 15.1. The number of hydrogen-bond acceptors (Lipinski definition) is 2. The number of benzene rings is 1. The van der Waals surface area contributed by atoms with Crippen LogP contribution in [0.15, 0.2) is 18.2 Å². The number of nitrogens with one attached hydrogen (secondary N) is 1. The fraction of sp³-hybridized carbons (Fsp3) is 0.462. The lowest BCUT2D eigenvalue weighted by molar-refractivity contribution is 0.0891. The molecule has 0 bridgehead atoms. The van der Waals surface area contributed by atoms with Crippen molar-refractivity contribution in [3.8, 4) is 0 Å². The summed E-state index contributed by atoms with van der Waals surface area (Å²) in [5, 5.41) is 3.51. The summed E-state index contributed by atoms with van der Waals surface area (Å²) >= 11 is 3.31. The first-order chi connectivity index (χ1) is 8.58. The molecule has 0 aromatic heterocycles. The van der Waals surface area contributed by atoms with E-state index in [0.29, 0.717) is 6.61 Å². The van der Waals surface area contributed by atoms with Crippen LogP contribution in [0.25, 0.3) is 0 Å². The maximum Gasteiger partial charge on any atom is 0.254 e. The molecule has 1 aromatic rings. The van der Waals surface area contributed by atoms with E-state index >= 15 is 0 Å². The maximum atomic E-state index is 13.6. The first-order valence-electron chi connectivity index (χ1n) is 5.70. The van der Waals surface area contributed by atoms with E-state index in [4.69, 9.17) is 4.74 Å². The summed E-state index contributed by atoms with van der Waals surface area (Å²) < 4.78 is 18.6. The molecular formula is C13H17BrFNO2. The molecule has 0 aliphatic carbocycles. The van der Waals surface area contributed by atoms with Gasteiger partial charge in [0.2, 0.25) is 0 Å². The molecule has 1 amide bonds. The van der Waals surface area contributed by atoms with Gasteiger partial charge in [0.15, 0.2) is 0 Å². The van der Waals surface area contributed by atoms with Crippen LogP contribution in [0.1, 0.15) is 22.3 Å². The van der Waals surface area contributed by atoms with Crippen LogP contribution in [0, 0.1) is 12.7 Å². The highest BCUT2D eigenvalue weighted by atomic mass is 79.9. The van der Waals surface area contributed by atoms with E-state index in [0.717, 1.165) is 17.3 Å². The van der Waals surface area contributed by atoms with Gasteiger partial charge in [-0.05, 0) is 31.0 Å². The van der Waals surface area contributed by atoms with Gasteiger partial charge in [-0.3, -0.25) is 4.79 Å². The lowest BCUT2D eigenvalue weighted by Gasteiger charge is -2.17. The number of halogens is 2. The summed E-state index contributed by atoms with van der Waals surface area (Å²) in [4.78, 5) is 11.9. The Balaban J connectivity index is 2.73. The Hall–Kier alpha value is -0.940. The predicted molar refractivity (Wildman–Crippen MR) is 72.7 cm³/mol. The number of ether oxygens (including phenoxy) is 1. The molecule has 1 atom stereocenters. The number of rotatable bonds is 6. The molecule has 1 N–H and O–H groups in total. The van der Waals surface area contributed by atoms with Crippen molar-refractivity contribution < 1.29 is 13.9 Å². The molecule has 0 radical (unpaired) electrons. The van der Waals surface area contributed by atoms with Crippen LogP contribution < -0.4 is 5.32 Å². The third kappa shape index (κ3) is 4.38. The van der Waals surface area contributed by atoms with E-state index in [1.165, 1.54) is 12.1 Å². The summed E-state index contributed by atoms with van der Waals surface area (Å²) in [5.41, 5.74) is 0.856. The third-order valence-corrected chi connectivity index (χ3v) is 2.99. The van der Waals surface area contributed by atoms with Crippen molar-refractivity contribution in [2.75, 3.05) is 19.0 Å². The Morgan fingerprint density at radius 1 is 1.56 bits per heavy atom. The van der Waals surface area contributed by atoms with Gasteiger partial charge in [0.05, 0.1) is 18.2 Å². The Labute approximate surface area is 115 Å². The molecule has 1 rings (SSSR count). The van der Waals surface area contributed by atoms with Crippen LogP contribution in [0.4, 0.5) is 4.39 Å². The second-order valence-electron chi connectivity index (χ2n) is 4.09. The number of aryl methyl sites for hydroxylation is 1. The Morgan fingerprint density at radius 2 is 2.28 bits per heavy atom. The summed E-state index contributed by atoms with van der Waals surface area (Å²) in [6, 6.07) is 4.44. The predicted octanol–water partition coefficient (Wildman–Crippen LogP) is 2.66. The highest BCUT2D eigenvalue weighted by molar-refractivity contribution is 9.09. The molecule has 3 nitrogen and oxygen atoms in total. The summed E-state index contributed by atoms with van der Waals surface area (Å²) in [5.74, 6) is -0.905. The lowest BCUT2D eigenvalue weighted by Crippen LogP contribution is -2.38. The number of methoxy groups -OCH3 is 1. The zero-order chi connectivity index (χ0) is 13.5. The van der Waals surface area contributed by atoms with E-state index in [1.54, 1.807) is 20.1 Å². The molecule has 0 aliphatic rings. The fourth-order valence-corrected chi connectivity index (χ4v) is 2.15. The number of hydrogen-bond donors (Lipinski definition) is 1. The average Bonchev–Trinajstić information content (AvgIpc) is 2.29.